The number of likely N-dealkylation sites (N-methyl/N-ethyl adjacent to an activating group) is 1. The van der Waals surface area contributed by atoms with E-state index in [2.05, 4.69) is 4.98 Å². The van der Waals surface area contributed by atoms with E-state index in [0.29, 0.717) is 22.4 Å². The Balaban J connectivity index is 1.43. The summed E-state index contributed by atoms with van der Waals surface area (Å²) in [6.07, 6.45) is 0. The highest BCUT2D eigenvalue weighted by Gasteiger charge is 2.14. The molecule has 3 rings (SSSR count). The fourth-order valence-electron chi connectivity index (χ4n) is 2.32. The van der Waals surface area contributed by atoms with Gasteiger partial charge in [0.1, 0.15) is 11.3 Å². The van der Waals surface area contributed by atoms with E-state index in [4.69, 9.17) is 20.8 Å². The lowest BCUT2D eigenvalue weighted by molar-refractivity contribution is -0.149. The van der Waals surface area contributed by atoms with Gasteiger partial charge in [0, 0.05) is 18.6 Å². The average Bonchev–Trinajstić information content (AvgIpc) is 3.07. The van der Waals surface area contributed by atoms with Crippen LogP contribution < -0.4 is 0 Å². The first-order valence-corrected chi connectivity index (χ1v) is 9.50. The van der Waals surface area contributed by atoms with Crippen LogP contribution in [0.1, 0.15) is 5.56 Å². The van der Waals surface area contributed by atoms with Crippen molar-refractivity contribution in [1.82, 2.24) is 9.88 Å². The summed E-state index contributed by atoms with van der Waals surface area (Å²) in [7, 11) is 1.64. The Morgan fingerprint density at radius 2 is 2.04 bits per heavy atom. The molecule has 0 fully saturated rings. The molecule has 8 heteroatoms. The topological polar surface area (TPSA) is 72.6 Å². The maximum Gasteiger partial charge on any atom is 0.316 e. The number of esters is 1. The predicted molar refractivity (Wildman–Crippen MR) is 104 cm³/mol. The minimum Gasteiger partial charge on any atom is -0.455 e. The molecular weight excluding hydrogens is 388 g/mol. The fraction of sp³-hybridized carbons (Fsp3) is 0.211. The summed E-state index contributed by atoms with van der Waals surface area (Å²) >= 11 is 7.06. The number of amides is 1. The number of carbonyl (C=O) groups is 2. The first-order valence-electron chi connectivity index (χ1n) is 8.13. The van der Waals surface area contributed by atoms with Crippen LogP contribution in [0.4, 0.5) is 0 Å². The van der Waals surface area contributed by atoms with Gasteiger partial charge in [0.05, 0.1) is 0 Å². The van der Waals surface area contributed by atoms with E-state index in [9.17, 15) is 9.59 Å². The molecule has 0 radical (unpaired) electrons. The standard InChI is InChI=1S/C19H17ClN2O4S/c1-22(10-13-5-4-6-14(20)9-13)17(23)11-25-18(24)12-27-19-21-15-7-2-3-8-16(15)26-19/h2-9H,10-12H2,1H3. The Hall–Kier alpha value is -2.51. The Bertz CT molecular complexity index is 927. The van der Waals surface area contributed by atoms with Gasteiger partial charge in [-0.15, -0.1) is 0 Å². The van der Waals surface area contributed by atoms with Crippen LogP contribution in [0.3, 0.4) is 0 Å². The maximum absolute atomic E-state index is 12.1. The van der Waals surface area contributed by atoms with Gasteiger partial charge in [-0.1, -0.05) is 47.6 Å². The van der Waals surface area contributed by atoms with Crippen LogP contribution in [0.15, 0.2) is 58.2 Å². The molecule has 0 saturated heterocycles. The van der Waals surface area contributed by atoms with Gasteiger partial charge < -0.3 is 14.1 Å². The van der Waals surface area contributed by atoms with Crippen LogP contribution in [0, 0.1) is 0 Å². The molecule has 0 aliphatic carbocycles. The van der Waals surface area contributed by atoms with Gasteiger partial charge in [-0.2, -0.15) is 0 Å². The number of carbonyl (C=O) groups excluding carboxylic acids is 2. The Kier molecular flexibility index (Phi) is 6.36. The number of ether oxygens (including phenoxy) is 1. The minimum absolute atomic E-state index is 0.0120. The fourth-order valence-corrected chi connectivity index (χ4v) is 3.17. The molecule has 0 saturated carbocycles. The highest BCUT2D eigenvalue weighted by Crippen LogP contribution is 2.23. The Morgan fingerprint density at radius 3 is 2.81 bits per heavy atom. The summed E-state index contributed by atoms with van der Waals surface area (Å²) in [6, 6.07) is 14.6. The van der Waals surface area contributed by atoms with E-state index >= 15 is 0 Å². The normalized spacial score (nSPS) is 10.7. The quantitative estimate of drug-likeness (QED) is 0.441. The van der Waals surface area contributed by atoms with E-state index in [0.717, 1.165) is 22.8 Å². The SMILES string of the molecule is CN(Cc1cccc(Cl)c1)C(=O)COC(=O)CSc1nc2ccccc2o1. The number of hydrogen-bond acceptors (Lipinski definition) is 6. The summed E-state index contributed by atoms with van der Waals surface area (Å²) < 4.78 is 10.6. The number of rotatable bonds is 7. The molecule has 0 atom stereocenters. The second-order valence-electron chi connectivity index (χ2n) is 5.78. The molecule has 1 heterocycles. The van der Waals surface area contributed by atoms with Crippen molar-refractivity contribution in [3.63, 3.8) is 0 Å². The van der Waals surface area contributed by atoms with Crippen LogP contribution in [-0.2, 0) is 20.9 Å². The third-order valence-electron chi connectivity index (χ3n) is 3.68. The number of thioether (sulfide) groups is 1. The molecule has 0 spiro atoms. The van der Waals surface area contributed by atoms with Crippen molar-refractivity contribution in [3.8, 4) is 0 Å². The molecule has 1 amide bonds. The maximum atomic E-state index is 12.1. The van der Waals surface area contributed by atoms with Crippen LogP contribution in [0.5, 0.6) is 0 Å². The molecule has 0 unspecified atom stereocenters. The van der Waals surface area contributed by atoms with Crippen molar-refractivity contribution in [2.45, 2.75) is 11.8 Å². The van der Waals surface area contributed by atoms with E-state index < -0.39 is 5.97 Å². The van der Waals surface area contributed by atoms with Crippen molar-refractivity contribution in [2.75, 3.05) is 19.4 Å². The zero-order chi connectivity index (χ0) is 19.2. The lowest BCUT2D eigenvalue weighted by Gasteiger charge is -2.17. The molecule has 140 valence electrons. The Morgan fingerprint density at radius 1 is 1.22 bits per heavy atom. The van der Waals surface area contributed by atoms with Gasteiger partial charge in [-0.3, -0.25) is 9.59 Å². The minimum atomic E-state index is -0.508. The molecular formula is C19H17ClN2O4S. The van der Waals surface area contributed by atoms with Crippen molar-refractivity contribution >= 4 is 46.3 Å². The molecule has 6 nitrogen and oxygen atoms in total. The van der Waals surface area contributed by atoms with Gasteiger partial charge in [0.2, 0.25) is 0 Å². The molecule has 2 aromatic carbocycles. The lowest BCUT2D eigenvalue weighted by atomic mass is 10.2. The van der Waals surface area contributed by atoms with Crippen LogP contribution in [-0.4, -0.2) is 41.2 Å². The number of oxazole rings is 1. The summed E-state index contributed by atoms with van der Waals surface area (Å²) in [5, 5.41) is 0.994. The van der Waals surface area contributed by atoms with E-state index in [1.807, 2.05) is 30.3 Å². The number of nitrogens with zero attached hydrogens (tertiary/aromatic N) is 2. The first-order chi connectivity index (χ1) is 13.0. The summed E-state index contributed by atoms with van der Waals surface area (Å²) in [4.78, 5) is 29.7. The molecule has 3 aromatic rings. The first kappa shape index (κ1) is 19.3. The summed E-state index contributed by atoms with van der Waals surface area (Å²) in [6.45, 7) is 0.0681. The molecule has 0 aliphatic heterocycles. The number of fused-ring (bicyclic) bond motifs is 1. The summed E-state index contributed by atoms with van der Waals surface area (Å²) in [5.41, 5.74) is 2.29. The number of aromatic nitrogens is 1. The van der Waals surface area contributed by atoms with Crippen molar-refractivity contribution in [2.24, 2.45) is 0 Å². The van der Waals surface area contributed by atoms with Gasteiger partial charge in [-0.05, 0) is 29.8 Å². The lowest BCUT2D eigenvalue weighted by Crippen LogP contribution is -2.31. The van der Waals surface area contributed by atoms with Gasteiger partial charge in [0.25, 0.3) is 11.1 Å². The number of halogens is 1. The van der Waals surface area contributed by atoms with E-state index in [1.54, 1.807) is 25.2 Å². The largest absolute Gasteiger partial charge is 0.455 e. The monoisotopic (exact) mass is 404 g/mol. The van der Waals surface area contributed by atoms with E-state index in [-0.39, 0.29) is 18.3 Å². The Labute approximate surface area is 165 Å². The van der Waals surface area contributed by atoms with Gasteiger partial charge >= 0.3 is 5.97 Å². The average molecular weight is 405 g/mol. The highest BCUT2D eigenvalue weighted by atomic mass is 35.5. The van der Waals surface area contributed by atoms with Crippen LogP contribution >= 0.6 is 23.4 Å². The number of para-hydroxylation sites is 2. The molecule has 1 aromatic heterocycles. The van der Waals surface area contributed by atoms with Crippen LogP contribution in [0.2, 0.25) is 5.02 Å². The van der Waals surface area contributed by atoms with Crippen molar-refractivity contribution in [1.29, 1.82) is 0 Å². The zero-order valence-electron chi connectivity index (χ0n) is 14.6. The smallest absolute Gasteiger partial charge is 0.316 e. The molecule has 0 aliphatic rings. The highest BCUT2D eigenvalue weighted by molar-refractivity contribution is 7.99. The predicted octanol–water partition coefficient (Wildman–Crippen LogP) is 3.78. The third kappa shape index (κ3) is 5.48. The molecule has 27 heavy (non-hydrogen) atoms. The van der Waals surface area contributed by atoms with Crippen molar-refractivity contribution < 1.29 is 18.7 Å². The molecule has 0 N–H and O–H groups in total. The summed E-state index contributed by atoms with van der Waals surface area (Å²) in [5.74, 6) is -0.792. The second kappa shape index (κ2) is 8.92. The number of hydrogen-bond donors (Lipinski definition) is 0. The molecule has 0 bridgehead atoms. The van der Waals surface area contributed by atoms with Crippen LogP contribution in [0.25, 0.3) is 11.1 Å². The van der Waals surface area contributed by atoms with Gasteiger partial charge in [0.15, 0.2) is 12.2 Å². The second-order valence-corrected chi connectivity index (χ2v) is 7.14. The van der Waals surface area contributed by atoms with E-state index in [1.165, 1.54) is 4.90 Å². The van der Waals surface area contributed by atoms with Gasteiger partial charge in [-0.25, -0.2) is 4.98 Å². The number of benzene rings is 2. The van der Waals surface area contributed by atoms with Crippen molar-refractivity contribution in [3.05, 3.63) is 59.1 Å². The third-order valence-corrected chi connectivity index (χ3v) is 4.72. The zero-order valence-corrected chi connectivity index (χ0v) is 16.1.